The van der Waals surface area contributed by atoms with Gasteiger partial charge in [0.1, 0.15) is 23.9 Å². The second kappa shape index (κ2) is 13.0. The third-order valence-corrected chi connectivity index (χ3v) is 7.33. The van der Waals surface area contributed by atoms with Gasteiger partial charge in [0.25, 0.3) is 0 Å². The van der Waals surface area contributed by atoms with Crippen molar-refractivity contribution >= 4 is 17.8 Å². The zero-order chi connectivity index (χ0) is 28.0. The van der Waals surface area contributed by atoms with Crippen LogP contribution in [0, 0.1) is 5.92 Å². The molecule has 0 radical (unpaired) electrons. The molecule has 3 aliphatic heterocycles. The molecule has 38 heavy (non-hydrogen) atoms. The van der Waals surface area contributed by atoms with Crippen LogP contribution in [0.3, 0.4) is 0 Å². The van der Waals surface area contributed by atoms with E-state index in [1.54, 1.807) is 19.1 Å². The van der Waals surface area contributed by atoms with E-state index in [9.17, 15) is 19.5 Å². The molecule has 0 aliphatic carbocycles. The molecule has 3 saturated heterocycles. The van der Waals surface area contributed by atoms with Gasteiger partial charge in [0.2, 0.25) is 5.91 Å². The van der Waals surface area contributed by atoms with Gasteiger partial charge in [-0.1, -0.05) is 30.7 Å². The fourth-order valence-corrected chi connectivity index (χ4v) is 5.08. The molecule has 3 heterocycles. The number of ether oxygens (including phenoxy) is 4. The van der Waals surface area contributed by atoms with E-state index in [-0.39, 0.29) is 36.5 Å². The molecule has 1 spiro atoms. The van der Waals surface area contributed by atoms with E-state index in [2.05, 4.69) is 18.3 Å². The van der Waals surface area contributed by atoms with Crippen molar-refractivity contribution in [2.24, 2.45) is 5.92 Å². The average Bonchev–Trinajstić information content (AvgIpc) is 3.59. The van der Waals surface area contributed by atoms with Crippen molar-refractivity contribution in [3.63, 3.8) is 0 Å². The lowest BCUT2D eigenvalue weighted by atomic mass is 9.87. The van der Waals surface area contributed by atoms with Crippen LogP contribution in [-0.2, 0) is 33.3 Å². The Balaban J connectivity index is 1.49. The number of amides is 1. The van der Waals surface area contributed by atoms with Crippen molar-refractivity contribution < 1.29 is 43.5 Å². The quantitative estimate of drug-likeness (QED) is 0.166. The normalized spacial score (nSPS) is 36.4. The molecular formula is C28H41NO9. The number of carboxylic acids is 1. The minimum atomic E-state index is -0.941. The average molecular weight is 536 g/mol. The molecule has 0 aromatic heterocycles. The Labute approximate surface area is 224 Å². The standard InChI is InChI=1S/C28H41NO9/c1-16(7-10-24-27(34)28(15-35-28)14-21(38-24)13-26(32)33)6-9-23-17(2)12-22(19(4)37-23)29-25(31)11-8-18(3)36-20(5)30/h6-8,10-11,17-19,21-24,27,34H,9,12-15H2,1-5H3,(H,29,31)(H,32,33)/b10-7?,11-8-,16-6+/t17-,18-,19+,21+,22+,23-,24+,27+,28+/m0/s1. The molecule has 0 aromatic rings. The smallest absolute Gasteiger partial charge is 0.305 e. The highest BCUT2D eigenvalue weighted by Gasteiger charge is 2.58. The third kappa shape index (κ3) is 8.49. The van der Waals surface area contributed by atoms with E-state index in [1.807, 2.05) is 19.9 Å². The molecule has 10 nitrogen and oxygen atoms in total. The van der Waals surface area contributed by atoms with Crippen molar-refractivity contribution in [3.05, 3.63) is 36.0 Å². The number of esters is 1. The number of allylic oxidation sites excluding steroid dienone is 2. The number of aliphatic carboxylic acids is 1. The van der Waals surface area contributed by atoms with E-state index in [1.165, 1.54) is 13.0 Å². The van der Waals surface area contributed by atoms with Gasteiger partial charge < -0.3 is 34.5 Å². The van der Waals surface area contributed by atoms with Crippen LogP contribution < -0.4 is 5.32 Å². The highest BCUT2D eigenvalue weighted by atomic mass is 16.6. The first kappa shape index (κ1) is 30.0. The van der Waals surface area contributed by atoms with Gasteiger partial charge in [-0.15, -0.1) is 0 Å². The molecule has 1 amide bonds. The first-order valence-electron chi connectivity index (χ1n) is 13.2. The monoisotopic (exact) mass is 535 g/mol. The van der Waals surface area contributed by atoms with Crippen LogP contribution in [0.4, 0.5) is 0 Å². The summed E-state index contributed by atoms with van der Waals surface area (Å²) in [5.41, 5.74) is 0.271. The maximum absolute atomic E-state index is 12.3. The van der Waals surface area contributed by atoms with Crippen LogP contribution in [0.2, 0.25) is 0 Å². The van der Waals surface area contributed by atoms with Crippen LogP contribution in [0.1, 0.15) is 60.3 Å². The summed E-state index contributed by atoms with van der Waals surface area (Å²) in [4.78, 5) is 34.4. The zero-order valence-electron chi connectivity index (χ0n) is 22.8. The van der Waals surface area contributed by atoms with Crippen molar-refractivity contribution in [2.45, 2.75) is 109 Å². The lowest BCUT2D eigenvalue weighted by molar-refractivity contribution is -0.155. The largest absolute Gasteiger partial charge is 0.481 e. The number of carbonyl (C=O) groups excluding carboxylic acids is 2. The molecule has 3 fully saturated rings. The summed E-state index contributed by atoms with van der Waals surface area (Å²) in [6.07, 6.45) is 7.67. The molecule has 212 valence electrons. The molecule has 0 unspecified atom stereocenters. The van der Waals surface area contributed by atoms with E-state index in [0.29, 0.717) is 19.4 Å². The minimum Gasteiger partial charge on any atom is -0.481 e. The SMILES string of the molecule is CC(=O)O[C@@H](C)/C=C\C(=O)N[C@@H]1C[C@H](C)[C@H](C/C=C(\C)C=C[C@H]2O[C@H](CC(=O)O)C[C@@]3(CO3)[C@@H]2O)O[C@@H]1C. The number of carboxylic acid groups (broad SMARTS) is 1. The van der Waals surface area contributed by atoms with E-state index >= 15 is 0 Å². The van der Waals surface area contributed by atoms with Gasteiger partial charge in [-0.05, 0) is 45.6 Å². The van der Waals surface area contributed by atoms with Gasteiger partial charge in [-0.25, -0.2) is 0 Å². The Morgan fingerprint density at radius 2 is 1.89 bits per heavy atom. The molecular weight excluding hydrogens is 494 g/mol. The topological polar surface area (TPSA) is 144 Å². The van der Waals surface area contributed by atoms with Gasteiger partial charge in [0.15, 0.2) is 0 Å². The number of nitrogens with one attached hydrogen (secondary N) is 1. The van der Waals surface area contributed by atoms with Crippen LogP contribution >= 0.6 is 0 Å². The van der Waals surface area contributed by atoms with Gasteiger partial charge >= 0.3 is 11.9 Å². The highest BCUT2D eigenvalue weighted by molar-refractivity contribution is 5.87. The molecule has 0 aromatic carbocycles. The van der Waals surface area contributed by atoms with Crippen molar-refractivity contribution in [3.8, 4) is 0 Å². The minimum absolute atomic E-state index is 0.0133. The molecule has 0 saturated carbocycles. The number of hydrogen-bond donors (Lipinski definition) is 3. The van der Waals surface area contributed by atoms with Gasteiger partial charge in [-0.3, -0.25) is 14.4 Å². The summed E-state index contributed by atoms with van der Waals surface area (Å²) in [7, 11) is 0. The Morgan fingerprint density at radius 3 is 2.53 bits per heavy atom. The zero-order valence-corrected chi connectivity index (χ0v) is 22.8. The molecule has 3 N–H and O–H groups in total. The summed E-state index contributed by atoms with van der Waals surface area (Å²) >= 11 is 0. The van der Waals surface area contributed by atoms with Crippen molar-refractivity contribution in [2.75, 3.05) is 6.61 Å². The predicted octanol–water partition coefficient (Wildman–Crippen LogP) is 2.45. The van der Waals surface area contributed by atoms with Crippen LogP contribution in [-0.4, -0.2) is 82.9 Å². The molecule has 9 atom stereocenters. The number of hydrogen-bond acceptors (Lipinski definition) is 8. The lowest BCUT2D eigenvalue weighted by Gasteiger charge is -2.39. The first-order valence-corrected chi connectivity index (χ1v) is 13.2. The number of carbonyl (C=O) groups is 3. The number of rotatable bonds is 10. The summed E-state index contributed by atoms with van der Waals surface area (Å²) in [5, 5.41) is 22.8. The van der Waals surface area contributed by atoms with Crippen molar-refractivity contribution in [1.82, 2.24) is 5.32 Å². The fourth-order valence-electron chi connectivity index (χ4n) is 5.08. The van der Waals surface area contributed by atoms with E-state index < -0.39 is 42.0 Å². The van der Waals surface area contributed by atoms with Gasteiger partial charge in [-0.2, -0.15) is 0 Å². The van der Waals surface area contributed by atoms with E-state index in [4.69, 9.17) is 24.1 Å². The molecule has 3 rings (SSSR count). The number of aliphatic hydroxyl groups excluding tert-OH is 1. The Hall–Kier alpha value is -2.53. The molecule has 10 heteroatoms. The molecule has 3 aliphatic rings. The summed E-state index contributed by atoms with van der Waals surface area (Å²) in [5.74, 6) is -1.39. The summed E-state index contributed by atoms with van der Waals surface area (Å²) in [6, 6.07) is -0.131. The summed E-state index contributed by atoms with van der Waals surface area (Å²) in [6.45, 7) is 9.41. The predicted molar refractivity (Wildman–Crippen MR) is 138 cm³/mol. The third-order valence-electron chi connectivity index (χ3n) is 7.33. The first-order chi connectivity index (χ1) is 17.9. The second-order valence-corrected chi connectivity index (χ2v) is 10.7. The maximum atomic E-state index is 12.3. The lowest BCUT2D eigenvalue weighted by Crippen LogP contribution is -2.50. The highest BCUT2D eigenvalue weighted by Crippen LogP contribution is 2.43. The second-order valence-electron chi connectivity index (χ2n) is 10.7. The van der Waals surface area contributed by atoms with Crippen LogP contribution in [0.5, 0.6) is 0 Å². The van der Waals surface area contributed by atoms with Crippen LogP contribution in [0.15, 0.2) is 36.0 Å². The van der Waals surface area contributed by atoms with E-state index in [0.717, 1.165) is 12.0 Å². The Morgan fingerprint density at radius 1 is 1.18 bits per heavy atom. The molecule has 0 bridgehead atoms. The number of aliphatic hydroxyl groups is 1. The fraction of sp³-hybridized carbons (Fsp3) is 0.679. The number of epoxide rings is 1. The van der Waals surface area contributed by atoms with Crippen molar-refractivity contribution in [1.29, 1.82) is 0 Å². The Kier molecular flexibility index (Phi) is 10.3. The van der Waals surface area contributed by atoms with Crippen LogP contribution in [0.25, 0.3) is 0 Å². The Bertz CT molecular complexity index is 954. The van der Waals surface area contributed by atoms with Gasteiger partial charge in [0, 0.05) is 19.4 Å². The maximum Gasteiger partial charge on any atom is 0.305 e. The van der Waals surface area contributed by atoms with Gasteiger partial charge in [0.05, 0.1) is 37.4 Å². The summed E-state index contributed by atoms with van der Waals surface area (Å²) < 4.78 is 22.5.